The minimum Gasteiger partial charge on any atom is -0.466 e. The van der Waals surface area contributed by atoms with Gasteiger partial charge >= 0.3 is 5.97 Å². The van der Waals surface area contributed by atoms with Crippen molar-refractivity contribution in [1.29, 1.82) is 0 Å². The first kappa shape index (κ1) is 13.3. The second-order valence-electron chi connectivity index (χ2n) is 3.13. The first-order valence-corrected chi connectivity index (χ1v) is 5.41. The maximum atomic E-state index is 11.2. The van der Waals surface area contributed by atoms with Gasteiger partial charge in [0, 0.05) is 6.08 Å². The van der Waals surface area contributed by atoms with Crippen LogP contribution in [0.25, 0.3) is 5.70 Å². The van der Waals surface area contributed by atoms with Crippen LogP contribution < -0.4 is 5.32 Å². The molecule has 0 aliphatic carbocycles. The third-order valence-corrected chi connectivity index (χ3v) is 2.19. The molecule has 1 aromatic rings. The molecule has 0 aromatic heterocycles. The summed E-state index contributed by atoms with van der Waals surface area (Å²) in [7, 11) is 1.27. The van der Waals surface area contributed by atoms with Gasteiger partial charge in [-0.3, -0.25) is 4.79 Å². The number of carbonyl (C=O) groups is 2. The zero-order chi connectivity index (χ0) is 12.7. The van der Waals surface area contributed by atoms with Crippen LogP contribution in [0.3, 0.4) is 0 Å². The van der Waals surface area contributed by atoms with Crippen molar-refractivity contribution in [3.63, 3.8) is 0 Å². The number of hydrogen-bond acceptors (Lipinski definition) is 3. The van der Waals surface area contributed by atoms with Crippen molar-refractivity contribution in [1.82, 2.24) is 5.32 Å². The molecule has 1 amide bonds. The first-order valence-electron chi connectivity index (χ1n) is 4.88. The van der Waals surface area contributed by atoms with E-state index in [9.17, 15) is 9.59 Å². The van der Waals surface area contributed by atoms with E-state index < -0.39 is 5.97 Å². The maximum Gasteiger partial charge on any atom is 0.332 e. The lowest BCUT2D eigenvalue weighted by molar-refractivity contribution is -0.134. The van der Waals surface area contributed by atoms with E-state index in [2.05, 4.69) is 10.1 Å². The number of amides is 1. The van der Waals surface area contributed by atoms with Gasteiger partial charge in [0.2, 0.25) is 5.91 Å². The second-order valence-corrected chi connectivity index (χ2v) is 3.40. The highest BCUT2D eigenvalue weighted by Crippen LogP contribution is 2.11. The highest BCUT2D eigenvalue weighted by molar-refractivity contribution is 6.27. The van der Waals surface area contributed by atoms with Crippen molar-refractivity contribution >= 4 is 29.2 Å². The van der Waals surface area contributed by atoms with Crippen molar-refractivity contribution in [3.8, 4) is 0 Å². The van der Waals surface area contributed by atoms with Crippen LogP contribution in [-0.2, 0) is 14.3 Å². The smallest absolute Gasteiger partial charge is 0.332 e. The summed E-state index contributed by atoms with van der Waals surface area (Å²) in [6.45, 7) is 0. The molecule has 0 fully saturated rings. The van der Waals surface area contributed by atoms with E-state index in [1.807, 2.05) is 6.07 Å². The lowest BCUT2D eigenvalue weighted by Crippen LogP contribution is -2.23. The lowest BCUT2D eigenvalue weighted by atomic mass is 10.1. The Morgan fingerprint density at radius 1 is 1.35 bits per heavy atom. The third kappa shape index (κ3) is 4.28. The summed E-state index contributed by atoms with van der Waals surface area (Å²) in [5, 5.41) is 2.54. The van der Waals surface area contributed by atoms with E-state index in [1.165, 1.54) is 13.2 Å². The Kier molecular flexibility index (Phi) is 5.23. The van der Waals surface area contributed by atoms with Crippen LogP contribution in [0, 0.1) is 0 Å². The number of alkyl halides is 1. The van der Waals surface area contributed by atoms with E-state index in [0.29, 0.717) is 11.3 Å². The molecule has 5 heteroatoms. The van der Waals surface area contributed by atoms with Gasteiger partial charge in [0.25, 0.3) is 0 Å². The van der Waals surface area contributed by atoms with Crippen LogP contribution in [0.5, 0.6) is 0 Å². The Balaban J connectivity index is 2.99. The number of esters is 1. The van der Waals surface area contributed by atoms with Gasteiger partial charge in [-0.1, -0.05) is 30.3 Å². The van der Waals surface area contributed by atoms with E-state index in [-0.39, 0.29) is 11.8 Å². The minimum atomic E-state index is -0.543. The monoisotopic (exact) mass is 253 g/mol. The van der Waals surface area contributed by atoms with Crippen LogP contribution in [0.1, 0.15) is 5.56 Å². The number of halogens is 1. The fraction of sp³-hybridized carbons (Fsp3) is 0.167. The van der Waals surface area contributed by atoms with Crippen LogP contribution in [0.2, 0.25) is 0 Å². The van der Waals surface area contributed by atoms with Crippen LogP contribution >= 0.6 is 11.6 Å². The summed E-state index contributed by atoms with van der Waals surface area (Å²) in [5.74, 6) is -1.10. The molecule has 1 rings (SSSR count). The third-order valence-electron chi connectivity index (χ3n) is 1.94. The van der Waals surface area contributed by atoms with Crippen LogP contribution in [0.15, 0.2) is 36.4 Å². The lowest BCUT2D eigenvalue weighted by Gasteiger charge is -2.08. The topological polar surface area (TPSA) is 55.4 Å². The molecule has 0 bridgehead atoms. The Morgan fingerprint density at radius 3 is 2.53 bits per heavy atom. The molecular formula is C12H12ClNO3. The molecule has 0 spiro atoms. The Hall–Kier alpha value is -1.81. The van der Waals surface area contributed by atoms with Gasteiger partial charge in [-0.15, -0.1) is 11.6 Å². The normalized spacial score (nSPS) is 10.8. The van der Waals surface area contributed by atoms with Gasteiger partial charge in [-0.05, 0) is 5.56 Å². The predicted octanol–water partition coefficient (Wildman–Crippen LogP) is 1.56. The first-order chi connectivity index (χ1) is 8.17. The summed E-state index contributed by atoms with van der Waals surface area (Å²) in [5.41, 5.74) is 1.07. The Bertz CT molecular complexity index is 429. The fourth-order valence-electron chi connectivity index (χ4n) is 1.17. The molecule has 4 nitrogen and oxygen atoms in total. The molecule has 0 saturated carbocycles. The van der Waals surface area contributed by atoms with Crippen molar-refractivity contribution in [3.05, 3.63) is 42.0 Å². The van der Waals surface area contributed by atoms with Crippen LogP contribution in [-0.4, -0.2) is 24.9 Å². The highest BCUT2D eigenvalue weighted by atomic mass is 35.5. The van der Waals surface area contributed by atoms with Gasteiger partial charge in [-0.25, -0.2) is 4.79 Å². The van der Waals surface area contributed by atoms with E-state index in [1.54, 1.807) is 24.3 Å². The summed E-state index contributed by atoms with van der Waals surface area (Å²) >= 11 is 5.40. The summed E-state index contributed by atoms with van der Waals surface area (Å²) in [4.78, 5) is 22.4. The molecular weight excluding hydrogens is 242 g/mol. The molecule has 0 saturated heterocycles. The average Bonchev–Trinajstić information content (AvgIpc) is 2.38. The molecule has 90 valence electrons. The van der Waals surface area contributed by atoms with Gasteiger partial charge < -0.3 is 10.1 Å². The standard InChI is InChI=1S/C12H12ClNO3/c1-17-12(16)7-10(14-11(15)8-13)9-5-3-2-4-6-9/h2-7H,8H2,1H3,(H,14,15). The average molecular weight is 254 g/mol. The Morgan fingerprint density at radius 2 is 2.00 bits per heavy atom. The van der Waals surface area contributed by atoms with Gasteiger partial charge in [0.15, 0.2) is 0 Å². The Labute approximate surface area is 104 Å². The van der Waals surface area contributed by atoms with E-state index >= 15 is 0 Å². The number of hydrogen-bond donors (Lipinski definition) is 1. The van der Waals surface area contributed by atoms with Crippen LogP contribution in [0.4, 0.5) is 0 Å². The van der Waals surface area contributed by atoms with E-state index in [4.69, 9.17) is 11.6 Å². The second kappa shape index (κ2) is 6.70. The number of carbonyl (C=O) groups excluding carboxylic acids is 2. The highest BCUT2D eigenvalue weighted by Gasteiger charge is 2.08. The van der Waals surface area contributed by atoms with Crippen molar-refractivity contribution in [2.75, 3.05) is 13.0 Å². The number of rotatable bonds is 4. The number of benzene rings is 1. The SMILES string of the molecule is COC(=O)C=C(NC(=O)CCl)c1ccccc1. The number of nitrogens with one attached hydrogen (secondary N) is 1. The molecule has 0 atom stereocenters. The van der Waals surface area contributed by atoms with Crippen molar-refractivity contribution in [2.45, 2.75) is 0 Å². The molecule has 17 heavy (non-hydrogen) atoms. The molecule has 0 heterocycles. The fourth-order valence-corrected chi connectivity index (χ4v) is 1.24. The number of ether oxygens (including phenoxy) is 1. The molecule has 0 unspecified atom stereocenters. The van der Waals surface area contributed by atoms with Crippen molar-refractivity contribution in [2.24, 2.45) is 0 Å². The largest absolute Gasteiger partial charge is 0.466 e. The maximum absolute atomic E-state index is 11.2. The molecule has 0 aliphatic heterocycles. The van der Waals surface area contributed by atoms with Gasteiger partial charge in [0.05, 0.1) is 12.8 Å². The minimum absolute atomic E-state index is 0.175. The van der Waals surface area contributed by atoms with Gasteiger partial charge in [-0.2, -0.15) is 0 Å². The summed E-state index contributed by atoms with van der Waals surface area (Å²) in [6, 6.07) is 8.97. The quantitative estimate of drug-likeness (QED) is 0.503. The molecule has 0 radical (unpaired) electrons. The molecule has 1 N–H and O–H groups in total. The zero-order valence-corrected chi connectivity index (χ0v) is 10.0. The predicted molar refractivity (Wildman–Crippen MR) is 65.3 cm³/mol. The molecule has 1 aromatic carbocycles. The summed E-state index contributed by atoms with van der Waals surface area (Å²) in [6.07, 6.45) is 1.21. The van der Waals surface area contributed by atoms with Gasteiger partial charge in [0.1, 0.15) is 5.88 Å². The zero-order valence-electron chi connectivity index (χ0n) is 9.27. The molecule has 0 aliphatic rings. The number of methoxy groups -OCH3 is 1. The summed E-state index contributed by atoms with van der Waals surface area (Å²) < 4.78 is 4.52. The van der Waals surface area contributed by atoms with E-state index in [0.717, 1.165) is 0 Å². The van der Waals surface area contributed by atoms with Crippen molar-refractivity contribution < 1.29 is 14.3 Å².